The second kappa shape index (κ2) is 8.48. The molecule has 5 heteroatoms. The number of hydrogen-bond acceptors (Lipinski definition) is 4. The molecule has 0 spiro atoms. The number of carbonyl (C=O) groups is 1. The van der Waals surface area contributed by atoms with Gasteiger partial charge >= 0.3 is 0 Å². The van der Waals surface area contributed by atoms with Gasteiger partial charge in [-0.05, 0) is 56.2 Å². The highest BCUT2D eigenvalue weighted by atomic mass is 16.5. The number of benzene rings is 3. The van der Waals surface area contributed by atoms with Crippen molar-refractivity contribution in [2.24, 2.45) is 0 Å². The number of aryl methyl sites for hydroxylation is 3. The summed E-state index contributed by atoms with van der Waals surface area (Å²) in [4.78, 5) is 25.6. The zero-order valence-corrected chi connectivity index (χ0v) is 17.7. The number of fused-ring (bicyclic) bond motifs is 1. The molecule has 0 unspecified atom stereocenters. The second-order valence-corrected chi connectivity index (χ2v) is 7.59. The second-order valence-electron chi connectivity index (χ2n) is 7.59. The first-order valence-electron chi connectivity index (χ1n) is 10.0. The van der Waals surface area contributed by atoms with Crippen LogP contribution in [-0.4, -0.2) is 12.5 Å². The van der Waals surface area contributed by atoms with Crippen molar-refractivity contribution in [3.63, 3.8) is 0 Å². The number of amides is 1. The van der Waals surface area contributed by atoms with Crippen LogP contribution in [0.1, 0.15) is 16.7 Å². The van der Waals surface area contributed by atoms with E-state index in [0.29, 0.717) is 28.0 Å². The molecule has 3 aromatic carbocycles. The van der Waals surface area contributed by atoms with Crippen molar-refractivity contribution in [2.75, 3.05) is 11.9 Å². The van der Waals surface area contributed by atoms with E-state index in [9.17, 15) is 9.59 Å². The molecule has 31 heavy (non-hydrogen) atoms. The zero-order valence-electron chi connectivity index (χ0n) is 17.7. The van der Waals surface area contributed by atoms with E-state index in [1.807, 2.05) is 69.3 Å². The fraction of sp³-hybridized carbons (Fsp3) is 0.154. The third-order valence-corrected chi connectivity index (χ3v) is 5.21. The van der Waals surface area contributed by atoms with E-state index >= 15 is 0 Å². The summed E-state index contributed by atoms with van der Waals surface area (Å²) in [6.45, 7) is 5.66. The van der Waals surface area contributed by atoms with Crippen LogP contribution in [0, 0.1) is 20.8 Å². The van der Waals surface area contributed by atoms with Gasteiger partial charge in [-0.15, -0.1) is 0 Å². The average Bonchev–Trinajstić information content (AvgIpc) is 2.76. The number of nitrogens with one attached hydrogen (secondary N) is 1. The minimum atomic E-state index is -0.356. The van der Waals surface area contributed by atoms with Gasteiger partial charge in [-0.2, -0.15) is 0 Å². The highest BCUT2D eigenvalue weighted by Crippen LogP contribution is 2.31. The molecule has 0 radical (unpaired) electrons. The van der Waals surface area contributed by atoms with Crippen LogP contribution in [0.15, 0.2) is 75.9 Å². The lowest BCUT2D eigenvalue weighted by atomic mass is 10.1. The van der Waals surface area contributed by atoms with E-state index in [1.165, 1.54) is 0 Å². The number of rotatable bonds is 5. The number of ether oxygens (including phenoxy) is 1. The van der Waals surface area contributed by atoms with Gasteiger partial charge in [0.05, 0.1) is 5.39 Å². The van der Waals surface area contributed by atoms with Crippen LogP contribution in [0.5, 0.6) is 5.75 Å². The number of carbonyl (C=O) groups excluding carboxylic acids is 1. The lowest BCUT2D eigenvalue weighted by molar-refractivity contribution is -0.118. The van der Waals surface area contributed by atoms with Crippen LogP contribution >= 0.6 is 0 Å². The number of hydrogen-bond donors (Lipinski definition) is 1. The molecule has 0 aliphatic rings. The van der Waals surface area contributed by atoms with E-state index in [1.54, 1.807) is 18.2 Å². The SMILES string of the molecule is Cc1ccc(-c2oc3ccccc3c(=O)c2OCC(=O)Nc2ccc(C)c(C)c2)cc1. The predicted octanol–water partition coefficient (Wildman–Crippen LogP) is 5.40. The highest BCUT2D eigenvalue weighted by Gasteiger charge is 2.18. The first kappa shape index (κ1) is 20.4. The van der Waals surface area contributed by atoms with E-state index in [2.05, 4.69) is 5.32 Å². The Balaban J connectivity index is 1.65. The third kappa shape index (κ3) is 4.36. The maximum atomic E-state index is 13.1. The highest BCUT2D eigenvalue weighted by molar-refractivity contribution is 5.92. The van der Waals surface area contributed by atoms with Gasteiger partial charge in [-0.3, -0.25) is 9.59 Å². The van der Waals surface area contributed by atoms with Gasteiger partial charge in [0.2, 0.25) is 11.2 Å². The van der Waals surface area contributed by atoms with Gasteiger partial charge in [0.25, 0.3) is 5.91 Å². The molecule has 0 saturated carbocycles. The number of para-hydroxylation sites is 1. The van der Waals surface area contributed by atoms with Crippen LogP contribution in [-0.2, 0) is 4.79 Å². The third-order valence-electron chi connectivity index (χ3n) is 5.21. The molecule has 0 aliphatic heterocycles. The van der Waals surface area contributed by atoms with Gasteiger partial charge in [-0.25, -0.2) is 0 Å². The summed E-state index contributed by atoms with van der Waals surface area (Å²) in [5.74, 6) is -0.0221. The molecular formula is C26H23NO4. The van der Waals surface area contributed by atoms with Crippen molar-refractivity contribution in [2.45, 2.75) is 20.8 Å². The van der Waals surface area contributed by atoms with Crippen molar-refractivity contribution in [1.82, 2.24) is 0 Å². The molecule has 156 valence electrons. The maximum Gasteiger partial charge on any atom is 0.262 e. The normalized spacial score (nSPS) is 10.8. The van der Waals surface area contributed by atoms with Crippen molar-refractivity contribution in [3.05, 3.63) is 93.6 Å². The van der Waals surface area contributed by atoms with E-state index < -0.39 is 0 Å². The minimum Gasteiger partial charge on any atom is -0.476 e. The largest absolute Gasteiger partial charge is 0.476 e. The van der Waals surface area contributed by atoms with E-state index in [-0.39, 0.29) is 23.7 Å². The molecule has 4 aromatic rings. The first-order chi connectivity index (χ1) is 14.9. The summed E-state index contributed by atoms with van der Waals surface area (Å²) >= 11 is 0. The quantitative estimate of drug-likeness (QED) is 0.475. The van der Waals surface area contributed by atoms with Crippen LogP contribution in [0.25, 0.3) is 22.3 Å². The van der Waals surface area contributed by atoms with Crippen molar-refractivity contribution in [3.8, 4) is 17.1 Å². The monoisotopic (exact) mass is 413 g/mol. The molecule has 1 heterocycles. The van der Waals surface area contributed by atoms with Crippen molar-refractivity contribution < 1.29 is 13.9 Å². The maximum absolute atomic E-state index is 13.1. The first-order valence-corrected chi connectivity index (χ1v) is 10.0. The Labute approximate surface area is 180 Å². The Bertz CT molecular complexity index is 1320. The summed E-state index contributed by atoms with van der Waals surface area (Å²) in [7, 11) is 0. The Morgan fingerprint density at radius 3 is 2.42 bits per heavy atom. The molecule has 0 saturated heterocycles. The van der Waals surface area contributed by atoms with Gasteiger partial charge in [0, 0.05) is 11.3 Å². The molecule has 4 rings (SSSR count). The van der Waals surface area contributed by atoms with E-state index in [0.717, 1.165) is 16.7 Å². The Hall–Kier alpha value is -3.86. The van der Waals surface area contributed by atoms with E-state index in [4.69, 9.17) is 9.15 Å². The lowest BCUT2D eigenvalue weighted by Gasteiger charge is -2.12. The fourth-order valence-corrected chi connectivity index (χ4v) is 3.30. The summed E-state index contributed by atoms with van der Waals surface area (Å²) < 4.78 is 11.8. The van der Waals surface area contributed by atoms with Gasteiger partial charge in [0.1, 0.15) is 5.58 Å². The average molecular weight is 413 g/mol. The molecule has 1 N–H and O–H groups in total. The summed E-state index contributed by atoms with van der Waals surface area (Å²) in [6.07, 6.45) is 0. The van der Waals surface area contributed by atoms with Gasteiger partial charge in [0.15, 0.2) is 12.4 Å². The number of anilines is 1. The van der Waals surface area contributed by atoms with Crippen molar-refractivity contribution in [1.29, 1.82) is 0 Å². The minimum absolute atomic E-state index is 0.0257. The topological polar surface area (TPSA) is 68.5 Å². The van der Waals surface area contributed by atoms with Crippen LogP contribution in [0.4, 0.5) is 5.69 Å². The Kier molecular flexibility index (Phi) is 5.58. The Morgan fingerprint density at radius 2 is 1.68 bits per heavy atom. The summed E-state index contributed by atoms with van der Waals surface area (Å²) in [5, 5.41) is 3.21. The van der Waals surface area contributed by atoms with Crippen LogP contribution in [0.2, 0.25) is 0 Å². The smallest absolute Gasteiger partial charge is 0.262 e. The van der Waals surface area contributed by atoms with Crippen LogP contribution in [0.3, 0.4) is 0 Å². The zero-order chi connectivity index (χ0) is 22.0. The van der Waals surface area contributed by atoms with Crippen LogP contribution < -0.4 is 15.5 Å². The molecule has 1 aromatic heterocycles. The summed E-state index contributed by atoms with van der Waals surface area (Å²) in [5.41, 5.74) is 4.86. The van der Waals surface area contributed by atoms with Gasteiger partial charge in [-0.1, -0.05) is 48.0 Å². The molecule has 0 aliphatic carbocycles. The Morgan fingerprint density at radius 1 is 0.935 bits per heavy atom. The molecule has 0 fully saturated rings. The molecule has 0 bridgehead atoms. The molecule has 5 nitrogen and oxygen atoms in total. The van der Waals surface area contributed by atoms with Crippen molar-refractivity contribution >= 4 is 22.6 Å². The standard InChI is InChI=1S/C26H23NO4/c1-16-8-11-19(12-9-16)25-26(24(29)21-6-4-5-7-22(21)31-25)30-15-23(28)27-20-13-10-17(2)18(3)14-20/h4-14H,15H2,1-3H3,(H,27,28). The molecule has 1 amide bonds. The fourth-order valence-electron chi connectivity index (χ4n) is 3.30. The van der Waals surface area contributed by atoms with Gasteiger partial charge < -0.3 is 14.5 Å². The summed E-state index contributed by atoms with van der Waals surface area (Å²) in [6, 6.07) is 20.3. The molecule has 0 atom stereocenters. The lowest BCUT2D eigenvalue weighted by Crippen LogP contribution is -2.22. The predicted molar refractivity (Wildman–Crippen MR) is 123 cm³/mol. The molecular weight excluding hydrogens is 390 g/mol.